The Morgan fingerprint density at radius 2 is 1.75 bits per heavy atom. The highest BCUT2D eigenvalue weighted by molar-refractivity contribution is 5.94. The van der Waals surface area contributed by atoms with E-state index in [4.69, 9.17) is 5.11 Å². The van der Waals surface area contributed by atoms with Crippen LogP contribution < -0.4 is 14.8 Å². The maximum absolute atomic E-state index is 14.1. The SMILES string of the molecule is CC.O=C(O)c1ccccc1NC(F)(F)/C=C/c1ccc2c(c1)OC(F)(F)O2. The summed E-state index contributed by atoms with van der Waals surface area (Å²) >= 11 is 0. The van der Waals surface area contributed by atoms with Crippen molar-refractivity contribution in [2.75, 3.05) is 5.32 Å². The van der Waals surface area contributed by atoms with Crippen LogP contribution in [0.3, 0.4) is 0 Å². The molecule has 0 saturated heterocycles. The normalized spacial score (nSPS) is 14.4. The first-order valence-electron chi connectivity index (χ1n) is 8.23. The number of alkyl halides is 4. The van der Waals surface area contributed by atoms with Gasteiger partial charge in [-0.2, -0.15) is 8.78 Å². The summed E-state index contributed by atoms with van der Waals surface area (Å²) in [5, 5.41) is 10.8. The molecule has 0 saturated carbocycles. The third kappa shape index (κ3) is 5.15. The maximum atomic E-state index is 14.1. The number of rotatable bonds is 5. The summed E-state index contributed by atoms with van der Waals surface area (Å²) in [7, 11) is 0. The molecule has 150 valence electrons. The van der Waals surface area contributed by atoms with E-state index in [-0.39, 0.29) is 28.3 Å². The molecule has 0 unspecified atom stereocenters. The number of anilines is 1. The van der Waals surface area contributed by atoms with Crippen LogP contribution in [-0.2, 0) is 0 Å². The fraction of sp³-hybridized carbons (Fsp3) is 0.211. The first-order chi connectivity index (χ1) is 13.2. The molecule has 0 fully saturated rings. The molecule has 2 aromatic rings. The van der Waals surface area contributed by atoms with Crippen molar-refractivity contribution < 1.29 is 36.9 Å². The summed E-state index contributed by atoms with van der Waals surface area (Å²) in [6.45, 7) is 4.00. The number of para-hydroxylation sites is 1. The van der Waals surface area contributed by atoms with Gasteiger partial charge in [0.1, 0.15) is 0 Å². The Labute approximate surface area is 158 Å². The summed E-state index contributed by atoms with van der Waals surface area (Å²) < 4.78 is 62.5. The van der Waals surface area contributed by atoms with Gasteiger partial charge in [-0.25, -0.2) is 4.79 Å². The highest BCUT2D eigenvalue weighted by Gasteiger charge is 2.43. The second kappa shape index (κ2) is 8.20. The molecule has 0 radical (unpaired) electrons. The predicted molar refractivity (Wildman–Crippen MR) is 95.0 cm³/mol. The fourth-order valence-corrected chi connectivity index (χ4v) is 2.27. The fourth-order valence-electron chi connectivity index (χ4n) is 2.27. The first-order valence-corrected chi connectivity index (χ1v) is 8.23. The smallest absolute Gasteiger partial charge is 0.478 e. The molecule has 0 aromatic heterocycles. The quantitative estimate of drug-likeness (QED) is 0.517. The molecule has 9 heteroatoms. The third-order valence-electron chi connectivity index (χ3n) is 3.37. The van der Waals surface area contributed by atoms with E-state index in [0.717, 1.165) is 12.1 Å². The number of nitrogens with one attached hydrogen (secondary N) is 1. The molecule has 3 rings (SSSR count). The van der Waals surface area contributed by atoms with Crippen LogP contribution in [0.25, 0.3) is 6.08 Å². The van der Waals surface area contributed by atoms with E-state index in [9.17, 15) is 22.4 Å². The van der Waals surface area contributed by atoms with Crippen molar-refractivity contribution in [3.63, 3.8) is 0 Å². The lowest BCUT2D eigenvalue weighted by molar-refractivity contribution is -0.286. The van der Waals surface area contributed by atoms with Crippen LogP contribution in [0.15, 0.2) is 48.5 Å². The molecule has 2 N–H and O–H groups in total. The summed E-state index contributed by atoms with van der Waals surface area (Å²) in [5.41, 5.74) is -0.413. The second-order valence-electron chi connectivity index (χ2n) is 5.31. The van der Waals surface area contributed by atoms with Crippen LogP contribution in [0.2, 0.25) is 0 Å². The molecule has 5 nitrogen and oxygen atoms in total. The molecular weight excluding hydrogens is 382 g/mol. The van der Waals surface area contributed by atoms with Crippen molar-refractivity contribution >= 4 is 17.7 Å². The van der Waals surface area contributed by atoms with E-state index < -0.39 is 18.3 Å². The number of ether oxygens (including phenoxy) is 2. The number of hydrogen-bond acceptors (Lipinski definition) is 4. The Kier molecular flexibility index (Phi) is 6.17. The Hall–Kier alpha value is -3.23. The Morgan fingerprint density at radius 3 is 2.43 bits per heavy atom. The highest BCUT2D eigenvalue weighted by Crippen LogP contribution is 2.41. The minimum Gasteiger partial charge on any atom is -0.478 e. The molecule has 0 spiro atoms. The molecule has 0 atom stereocenters. The molecular formula is C19H17F4NO4. The van der Waals surface area contributed by atoms with Gasteiger partial charge in [-0.1, -0.05) is 38.1 Å². The van der Waals surface area contributed by atoms with Crippen LogP contribution in [0.1, 0.15) is 29.8 Å². The minimum absolute atomic E-state index is 0.165. The number of hydrogen-bond donors (Lipinski definition) is 2. The molecule has 1 aliphatic rings. The third-order valence-corrected chi connectivity index (χ3v) is 3.37. The standard InChI is InChI=1S/C17H11F4NO4.C2H6/c18-16(19,22-12-4-2-1-3-11(12)15(23)24)8-7-10-5-6-13-14(9-10)26-17(20,21)25-13;1-2/h1-9,22H,(H,23,24);1-2H3/b8-7+;. The van der Waals surface area contributed by atoms with Crippen LogP contribution in [0, 0.1) is 0 Å². The second-order valence-corrected chi connectivity index (χ2v) is 5.31. The van der Waals surface area contributed by atoms with Gasteiger partial charge in [-0.15, -0.1) is 8.78 Å². The Bertz CT molecular complexity index is 884. The maximum Gasteiger partial charge on any atom is 0.586 e. The summed E-state index contributed by atoms with van der Waals surface area (Å²) in [4.78, 5) is 11.1. The molecule has 0 bridgehead atoms. The minimum atomic E-state index is -3.79. The van der Waals surface area contributed by atoms with Crippen molar-refractivity contribution in [1.29, 1.82) is 0 Å². The van der Waals surface area contributed by atoms with Crippen molar-refractivity contribution in [2.24, 2.45) is 0 Å². The number of carboxylic acids is 1. The van der Waals surface area contributed by atoms with E-state index in [1.165, 1.54) is 36.4 Å². The topological polar surface area (TPSA) is 67.8 Å². The van der Waals surface area contributed by atoms with Crippen LogP contribution >= 0.6 is 0 Å². The van der Waals surface area contributed by atoms with E-state index >= 15 is 0 Å². The van der Waals surface area contributed by atoms with Gasteiger partial charge in [-0.05, 0) is 29.8 Å². The van der Waals surface area contributed by atoms with Crippen molar-refractivity contribution in [2.45, 2.75) is 26.2 Å². The van der Waals surface area contributed by atoms with Crippen molar-refractivity contribution in [3.05, 3.63) is 59.7 Å². The van der Waals surface area contributed by atoms with E-state index in [1.807, 2.05) is 19.2 Å². The molecule has 1 heterocycles. The molecule has 2 aromatic carbocycles. The first kappa shape index (κ1) is 21.1. The highest BCUT2D eigenvalue weighted by atomic mass is 19.3. The lowest BCUT2D eigenvalue weighted by Gasteiger charge is -2.16. The average Bonchev–Trinajstić information content (AvgIpc) is 2.94. The molecule has 0 aliphatic carbocycles. The largest absolute Gasteiger partial charge is 0.586 e. The van der Waals surface area contributed by atoms with Gasteiger partial charge in [0.05, 0.1) is 11.3 Å². The molecule has 0 amide bonds. The number of aromatic carboxylic acids is 1. The van der Waals surface area contributed by atoms with Crippen molar-refractivity contribution in [3.8, 4) is 11.5 Å². The number of carbonyl (C=O) groups is 1. The van der Waals surface area contributed by atoms with Crippen molar-refractivity contribution in [1.82, 2.24) is 0 Å². The lowest BCUT2D eigenvalue weighted by atomic mass is 10.1. The zero-order valence-electron chi connectivity index (χ0n) is 14.9. The van der Waals surface area contributed by atoms with E-state index in [2.05, 4.69) is 9.47 Å². The molecule has 28 heavy (non-hydrogen) atoms. The Morgan fingerprint density at radius 1 is 1.11 bits per heavy atom. The zero-order chi connectivity index (χ0) is 20.9. The van der Waals surface area contributed by atoms with Gasteiger partial charge in [0.15, 0.2) is 11.5 Å². The summed E-state index contributed by atoms with van der Waals surface area (Å²) in [6, 6.07) is 5.19. The lowest BCUT2D eigenvalue weighted by Crippen LogP contribution is -2.26. The van der Waals surface area contributed by atoms with Gasteiger partial charge in [-0.3, -0.25) is 0 Å². The molecule has 1 aliphatic heterocycles. The number of fused-ring (bicyclic) bond motifs is 1. The summed E-state index contributed by atoms with van der Waals surface area (Å²) in [5.74, 6) is -1.83. The monoisotopic (exact) mass is 399 g/mol. The average molecular weight is 399 g/mol. The van der Waals surface area contributed by atoms with Gasteiger partial charge in [0.25, 0.3) is 0 Å². The van der Waals surface area contributed by atoms with Crippen LogP contribution in [-0.4, -0.2) is 23.4 Å². The van der Waals surface area contributed by atoms with E-state index in [0.29, 0.717) is 6.08 Å². The van der Waals surface area contributed by atoms with Crippen LogP contribution in [0.5, 0.6) is 11.5 Å². The van der Waals surface area contributed by atoms with Gasteiger partial charge >= 0.3 is 18.3 Å². The zero-order valence-corrected chi connectivity index (χ0v) is 14.9. The van der Waals surface area contributed by atoms with Gasteiger partial charge in [0.2, 0.25) is 0 Å². The van der Waals surface area contributed by atoms with Gasteiger partial charge in [0, 0.05) is 6.08 Å². The summed E-state index contributed by atoms with van der Waals surface area (Å²) in [6.07, 6.45) is -2.34. The number of halogens is 4. The predicted octanol–water partition coefficient (Wildman–Crippen LogP) is 5.45. The van der Waals surface area contributed by atoms with E-state index in [1.54, 1.807) is 0 Å². The number of carboxylic acid groups (broad SMARTS) is 1. The number of benzene rings is 2. The van der Waals surface area contributed by atoms with Crippen LogP contribution in [0.4, 0.5) is 23.2 Å². The van der Waals surface area contributed by atoms with Gasteiger partial charge < -0.3 is 19.9 Å². The Balaban J connectivity index is 0.00000136.